The lowest BCUT2D eigenvalue weighted by molar-refractivity contribution is 0.0431. The van der Waals surface area contributed by atoms with E-state index in [0.29, 0.717) is 18.1 Å². The molecule has 2 fully saturated rings. The SMILES string of the molecule is O=C(OC[C@@H]1C[C@@H]2OSO[C@@H]2C1)c1ccccc1. The van der Waals surface area contributed by atoms with Crippen LogP contribution in [0.5, 0.6) is 0 Å². The molecule has 0 unspecified atom stereocenters. The summed E-state index contributed by atoms with van der Waals surface area (Å²) in [6.07, 6.45) is 2.13. The van der Waals surface area contributed by atoms with Gasteiger partial charge in [0.2, 0.25) is 0 Å². The largest absolute Gasteiger partial charge is 0.462 e. The van der Waals surface area contributed by atoms with Crippen LogP contribution in [-0.2, 0) is 13.1 Å². The molecule has 18 heavy (non-hydrogen) atoms. The van der Waals surface area contributed by atoms with Crippen molar-refractivity contribution >= 4 is 18.3 Å². The van der Waals surface area contributed by atoms with Gasteiger partial charge in [-0.05, 0) is 30.9 Å². The molecular formula is C13H14O4S. The van der Waals surface area contributed by atoms with E-state index in [0.717, 1.165) is 25.2 Å². The van der Waals surface area contributed by atoms with E-state index in [1.807, 2.05) is 18.2 Å². The molecule has 0 amide bonds. The second kappa shape index (κ2) is 5.30. The van der Waals surface area contributed by atoms with Crippen molar-refractivity contribution in [2.45, 2.75) is 25.0 Å². The first-order valence-electron chi connectivity index (χ1n) is 6.04. The number of esters is 1. The zero-order chi connectivity index (χ0) is 12.4. The average Bonchev–Trinajstić information content (AvgIpc) is 2.97. The maximum absolute atomic E-state index is 11.8. The molecule has 2 aliphatic rings. The van der Waals surface area contributed by atoms with Gasteiger partial charge in [-0.15, -0.1) is 0 Å². The fraction of sp³-hybridized carbons (Fsp3) is 0.462. The summed E-state index contributed by atoms with van der Waals surface area (Å²) in [5.74, 6) is 0.0810. The van der Waals surface area contributed by atoms with Crippen LogP contribution in [0.2, 0.25) is 0 Å². The van der Waals surface area contributed by atoms with Gasteiger partial charge in [-0.3, -0.25) is 8.37 Å². The van der Waals surface area contributed by atoms with Crippen LogP contribution in [0, 0.1) is 5.92 Å². The van der Waals surface area contributed by atoms with E-state index in [-0.39, 0.29) is 18.2 Å². The average molecular weight is 266 g/mol. The third kappa shape index (κ3) is 2.53. The van der Waals surface area contributed by atoms with Gasteiger partial charge >= 0.3 is 5.97 Å². The molecule has 0 spiro atoms. The highest BCUT2D eigenvalue weighted by Gasteiger charge is 2.41. The lowest BCUT2D eigenvalue weighted by atomic mass is 10.1. The van der Waals surface area contributed by atoms with Crippen LogP contribution in [0.4, 0.5) is 0 Å². The van der Waals surface area contributed by atoms with Crippen LogP contribution in [0.1, 0.15) is 23.2 Å². The number of carbonyl (C=O) groups is 1. The number of ether oxygens (including phenoxy) is 1. The van der Waals surface area contributed by atoms with Crippen molar-refractivity contribution in [1.82, 2.24) is 0 Å². The zero-order valence-electron chi connectivity index (χ0n) is 9.78. The summed E-state index contributed by atoms with van der Waals surface area (Å²) in [4.78, 5) is 11.8. The molecule has 3 rings (SSSR count). The monoisotopic (exact) mass is 266 g/mol. The molecule has 1 aliphatic carbocycles. The van der Waals surface area contributed by atoms with E-state index >= 15 is 0 Å². The Labute approximate surface area is 110 Å². The van der Waals surface area contributed by atoms with Gasteiger partial charge in [0, 0.05) is 0 Å². The summed E-state index contributed by atoms with van der Waals surface area (Å²) in [6.45, 7) is 0.443. The van der Waals surface area contributed by atoms with Crippen LogP contribution in [0.3, 0.4) is 0 Å². The van der Waals surface area contributed by atoms with E-state index in [1.165, 1.54) is 0 Å². The quantitative estimate of drug-likeness (QED) is 0.621. The molecule has 0 radical (unpaired) electrons. The van der Waals surface area contributed by atoms with Gasteiger partial charge in [0.05, 0.1) is 12.2 Å². The summed E-state index contributed by atoms with van der Waals surface area (Å²) < 4.78 is 16.0. The highest BCUT2D eigenvalue weighted by molar-refractivity contribution is 7.90. The van der Waals surface area contributed by atoms with Crippen molar-refractivity contribution in [2.75, 3.05) is 6.61 Å². The minimum absolute atomic E-state index is 0.162. The first kappa shape index (κ1) is 12.0. The van der Waals surface area contributed by atoms with Crippen LogP contribution in [0.25, 0.3) is 0 Å². The van der Waals surface area contributed by atoms with Gasteiger partial charge in [0.25, 0.3) is 0 Å². The highest BCUT2D eigenvalue weighted by Crippen LogP contribution is 2.40. The molecule has 0 bridgehead atoms. The normalized spacial score (nSPS) is 30.1. The number of hydrogen-bond donors (Lipinski definition) is 0. The second-order valence-electron chi connectivity index (χ2n) is 4.64. The number of benzene rings is 1. The van der Waals surface area contributed by atoms with Crippen LogP contribution >= 0.6 is 12.3 Å². The van der Waals surface area contributed by atoms with Gasteiger partial charge in [0.15, 0.2) is 12.3 Å². The Kier molecular flexibility index (Phi) is 3.54. The fourth-order valence-corrected chi connectivity index (χ4v) is 3.02. The van der Waals surface area contributed by atoms with E-state index in [1.54, 1.807) is 12.1 Å². The smallest absolute Gasteiger partial charge is 0.338 e. The molecule has 3 atom stereocenters. The molecule has 1 saturated heterocycles. The molecule has 0 N–H and O–H groups in total. The van der Waals surface area contributed by atoms with Crippen LogP contribution < -0.4 is 0 Å². The van der Waals surface area contributed by atoms with E-state index in [4.69, 9.17) is 13.1 Å². The van der Waals surface area contributed by atoms with Gasteiger partial charge < -0.3 is 4.74 Å². The van der Waals surface area contributed by atoms with Gasteiger partial charge in [-0.25, -0.2) is 4.79 Å². The molecule has 1 aromatic rings. The first-order valence-corrected chi connectivity index (χ1v) is 6.70. The first-order chi connectivity index (χ1) is 8.83. The van der Waals surface area contributed by atoms with E-state index in [2.05, 4.69) is 0 Å². The Hall–Kier alpha value is -1.04. The number of rotatable bonds is 3. The minimum atomic E-state index is -0.260. The molecule has 0 aromatic heterocycles. The van der Waals surface area contributed by atoms with Crippen LogP contribution in [-0.4, -0.2) is 24.8 Å². The minimum Gasteiger partial charge on any atom is -0.462 e. The summed E-state index contributed by atoms with van der Waals surface area (Å²) >= 11 is 1.08. The molecule has 1 aliphatic heterocycles. The molecule has 4 nitrogen and oxygen atoms in total. The Balaban J connectivity index is 1.49. The maximum Gasteiger partial charge on any atom is 0.338 e. The third-order valence-corrected chi connectivity index (χ3v) is 3.98. The van der Waals surface area contributed by atoms with E-state index < -0.39 is 0 Å². The molecule has 5 heteroatoms. The van der Waals surface area contributed by atoms with Gasteiger partial charge in [-0.2, -0.15) is 0 Å². The van der Waals surface area contributed by atoms with Crippen LogP contribution in [0.15, 0.2) is 30.3 Å². The van der Waals surface area contributed by atoms with Crippen molar-refractivity contribution in [3.05, 3.63) is 35.9 Å². The summed E-state index contributed by atoms with van der Waals surface area (Å²) in [6, 6.07) is 9.05. The Morgan fingerprint density at radius 1 is 1.22 bits per heavy atom. The summed E-state index contributed by atoms with van der Waals surface area (Å²) in [5.41, 5.74) is 0.596. The Morgan fingerprint density at radius 3 is 2.56 bits per heavy atom. The zero-order valence-corrected chi connectivity index (χ0v) is 10.6. The molecule has 96 valence electrons. The molecule has 1 saturated carbocycles. The topological polar surface area (TPSA) is 44.8 Å². The van der Waals surface area contributed by atoms with Crippen molar-refractivity contribution in [2.24, 2.45) is 5.92 Å². The molecular weight excluding hydrogens is 252 g/mol. The third-order valence-electron chi connectivity index (χ3n) is 3.33. The molecule has 1 heterocycles. The second-order valence-corrected chi connectivity index (χ2v) is 5.16. The van der Waals surface area contributed by atoms with Crippen molar-refractivity contribution in [3.63, 3.8) is 0 Å². The molecule has 1 aromatic carbocycles. The number of fused-ring (bicyclic) bond motifs is 1. The standard InChI is InChI=1S/C13H14O4S/c14-13(10-4-2-1-3-5-10)15-8-9-6-11-12(7-9)17-18-16-11/h1-5,9,11-12H,6-8H2/t9-,11+,12-. The Bertz CT molecular complexity index is 410. The Morgan fingerprint density at radius 2 is 1.89 bits per heavy atom. The predicted molar refractivity (Wildman–Crippen MR) is 66.8 cm³/mol. The fourth-order valence-electron chi connectivity index (χ4n) is 2.37. The predicted octanol–water partition coefficient (Wildman–Crippen LogP) is 2.60. The van der Waals surface area contributed by atoms with Crippen molar-refractivity contribution < 1.29 is 17.9 Å². The summed E-state index contributed by atoms with van der Waals surface area (Å²) in [7, 11) is 0. The van der Waals surface area contributed by atoms with Crippen molar-refractivity contribution in [3.8, 4) is 0 Å². The van der Waals surface area contributed by atoms with Crippen molar-refractivity contribution in [1.29, 1.82) is 0 Å². The van der Waals surface area contributed by atoms with E-state index in [9.17, 15) is 4.79 Å². The number of hydrogen-bond acceptors (Lipinski definition) is 5. The lowest BCUT2D eigenvalue weighted by Crippen LogP contribution is -2.13. The maximum atomic E-state index is 11.8. The lowest BCUT2D eigenvalue weighted by Gasteiger charge is -2.11. The van der Waals surface area contributed by atoms with Gasteiger partial charge in [-0.1, -0.05) is 18.2 Å². The summed E-state index contributed by atoms with van der Waals surface area (Å²) in [5, 5.41) is 0. The number of carbonyl (C=O) groups excluding carboxylic acids is 1. The van der Waals surface area contributed by atoms with Gasteiger partial charge in [0.1, 0.15) is 12.2 Å². The highest BCUT2D eigenvalue weighted by atomic mass is 32.2.